The Kier molecular flexibility index (Phi) is 5.71. The van der Waals surface area contributed by atoms with Crippen molar-refractivity contribution >= 4 is 5.91 Å². The maximum atomic E-state index is 14.0. The first-order chi connectivity index (χ1) is 14.1. The Balaban J connectivity index is 1.38. The highest BCUT2D eigenvalue weighted by Crippen LogP contribution is 2.17. The topological polar surface area (TPSA) is 50.2 Å². The lowest BCUT2D eigenvalue weighted by Gasteiger charge is -2.14. The van der Waals surface area contributed by atoms with E-state index in [1.165, 1.54) is 48.4 Å². The highest BCUT2D eigenvalue weighted by molar-refractivity contribution is 5.95. The molecule has 1 aliphatic rings. The molecule has 2 aromatic carbocycles. The predicted octanol–water partition coefficient (Wildman–Crippen LogP) is 3.85. The van der Waals surface area contributed by atoms with Gasteiger partial charge in [-0.2, -0.15) is 5.10 Å². The van der Waals surface area contributed by atoms with Crippen LogP contribution in [0.2, 0.25) is 0 Å². The molecule has 0 saturated carbocycles. The first-order valence-electron chi connectivity index (χ1n) is 10.00. The highest BCUT2D eigenvalue weighted by Gasteiger charge is 2.17. The number of halogens is 1. The van der Waals surface area contributed by atoms with Crippen LogP contribution < -0.4 is 5.32 Å². The quantitative estimate of drug-likeness (QED) is 0.693. The van der Waals surface area contributed by atoms with Crippen LogP contribution in [0.15, 0.2) is 54.7 Å². The third kappa shape index (κ3) is 4.38. The molecule has 4 rings (SSSR count). The molecule has 3 aromatic rings. The summed E-state index contributed by atoms with van der Waals surface area (Å²) in [7, 11) is 0. The second kappa shape index (κ2) is 8.57. The smallest absolute Gasteiger partial charge is 0.255 e. The number of carbonyl (C=O) groups is 1. The number of nitrogens with zero attached hydrogens (tertiary/aromatic N) is 3. The molecular weight excluding hydrogens is 367 g/mol. The average Bonchev–Trinajstić information content (AvgIpc) is 3.37. The summed E-state index contributed by atoms with van der Waals surface area (Å²) in [5, 5.41) is 7.13. The monoisotopic (exact) mass is 392 g/mol. The molecule has 1 aliphatic heterocycles. The number of nitrogens with one attached hydrogen (secondary N) is 1. The lowest BCUT2D eigenvalue weighted by molar-refractivity contribution is 0.0950. The van der Waals surface area contributed by atoms with E-state index in [-0.39, 0.29) is 11.7 Å². The van der Waals surface area contributed by atoms with E-state index in [9.17, 15) is 9.18 Å². The molecule has 0 unspecified atom stereocenters. The van der Waals surface area contributed by atoms with E-state index < -0.39 is 0 Å². The van der Waals surface area contributed by atoms with Crippen molar-refractivity contribution in [1.82, 2.24) is 20.0 Å². The van der Waals surface area contributed by atoms with Gasteiger partial charge >= 0.3 is 0 Å². The minimum Gasteiger partial charge on any atom is -0.348 e. The van der Waals surface area contributed by atoms with Crippen LogP contribution in [-0.2, 0) is 13.1 Å². The number of carbonyl (C=O) groups excluding carboxylic acids is 1. The lowest BCUT2D eigenvalue weighted by Crippen LogP contribution is -2.23. The summed E-state index contributed by atoms with van der Waals surface area (Å²) in [5.41, 5.74) is 3.72. The van der Waals surface area contributed by atoms with Gasteiger partial charge in [0.2, 0.25) is 0 Å². The zero-order valence-corrected chi connectivity index (χ0v) is 16.6. The lowest BCUT2D eigenvalue weighted by atomic mass is 10.1. The van der Waals surface area contributed by atoms with Gasteiger partial charge in [-0.05, 0) is 56.1 Å². The summed E-state index contributed by atoms with van der Waals surface area (Å²) < 4.78 is 15.5. The standard InChI is InChI=1S/C23H25FN4O/c1-17-20(15-26-28(17)22-7-3-2-6-21(22)24)23(29)25-14-18-8-10-19(11-9-18)16-27-12-4-5-13-27/h2-3,6-11,15H,4-5,12-14,16H2,1H3,(H,25,29). The van der Waals surface area contributed by atoms with Crippen molar-refractivity contribution in [2.75, 3.05) is 13.1 Å². The van der Waals surface area contributed by atoms with E-state index in [2.05, 4.69) is 39.6 Å². The largest absolute Gasteiger partial charge is 0.348 e. The summed E-state index contributed by atoms with van der Waals surface area (Å²) in [5.74, 6) is -0.592. The minimum atomic E-state index is -0.375. The average molecular weight is 392 g/mol. The second-order valence-corrected chi connectivity index (χ2v) is 7.49. The van der Waals surface area contributed by atoms with Gasteiger partial charge in [-0.3, -0.25) is 9.69 Å². The molecule has 0 aliphatic carbocycles. The molecule has 150 valence electrons. The molecule has 0 spiro atoms. The van der Waals surface area contributed by atoms with Crippen LogP contribution in [0.1, 0.15) is 40.0 Å². The first-order valence-corrected chi connectivity index (χ1v) is 10.00. The van der Waals surface area contributed by atoms with Crippen molar-refractivity contribution in [2.24, 2.45) is 0 Å². The fourth-order valence-corrected chi connectivity index (χ4v) is 3.74. The molecule has 0 bridgehead atoms. The van der Waals surface area contributed by atoms with Crippen LogP contribution in [-0.4, -0.2) is 33.7 Å². The third-order valence-electron chi connectivity index (χ3n) is 5.42. The molecule has 0 radical (unpaired) electrons. The number of rotatable bonds is 6. The number of likely N-dealkylation sites (tertiary alicyclic amines) is 1. The van der Waals surface area contributed by atoms with Gasteiger partial charge in [0.25, 0.3) is 5.91 Å². The normalized spacial score (nSPS) is 14.3. The molecule has 6 heteroatoms. The summed E-state index contributed by atoms with van der Waals surface area (Å²) in [6, 6.07) is 14.8. The predicted molar refractivity (Wildman–Crippen MR) is 110 cm³/mol. The van der Waals surface area contributed by atoms with Crippen LogP contribution in [0.25, 0.3) is 5.69 Å². The van der Waals surface area contributed by atoms with Gasteiger partial charge in [0.1, 0.15) is 11.5 Å². The fourth-order valence-electron chi connectivity index (χ4n) is 3.74. The number of hydrogen-bond donors (Lipinski definition) is 1. The minimum absolute atomic E-state index is 0.216. The van der Waals surface area contributed by atoms with E-state index in [1.54, 1.807) is 25.1 Å². The summed E-state index contributed by atoms with van der Waals surface area (Å²) in [6.45, 7) is 5.55. The Hall–Kier alpha value is -2.99. The molecule has 1 saturated heterocycles. The highest BCUT2D eigenvalue weighted by atomic mass is 19.1. The van der Waals surface area contributed by atoms with Crippen molar-refractivity contribution in [3.63, 3.8) is 0 Å². The van der Waals surface area contributed by atoms with Crippen molar-refractivity contribution in [2.45, 2.75) is 32.9 Å². The molecule has 5 nitrogen and oxygen atoms in total. The van der Waals surface area contributed by atoms with Gasteiger partial charge in [-0.1, -0.05) is 36.4 Å². The Bertz CT molecular complexity index is 990. The SMILES string of the molecule is Cc1c(C(=O)NCc2ccc(CN3CCCC3)cc2)cnn1-c1ccccc1F. The molecule has 2 heterocycles. The summed E-state index contributed by atoms with van der Waals surface area (Å²) in [4.78, 5) is 15.1. The van der Waals surface area contributed by atoms with Crippen LogP contribution in [0.3, 0.4) is 0 Å². The van der Waals surface area contributed by atoms with E-state index in [1.807, 2.05) is 0 Å². The van der Waals surface area contributed by atoms with E-state index in [4.69, 9.17) is 0 Å². The van der Waals surface area contributed by atoms with Crippen LogP contribution in [0.4, 0.5) is 4.39 Å². The summed E-state index contributed by atoms with van der Waals surface area (Å²) >= 11 is 0. The molecule has 0 atom stereocenters. The molecule has 1 fully saturated rings. The van der Waals surface area contributed by atoms with Crippen molar-refractivity contribution in [3.8, 4) is 5.69 Å². The number of hydrogen-bond acceptors (Lipinski definition) is 3. The Morgan fingerprint density at radius 3 is 2.48 bits per heavy atom. The van der Waals surface area contributed by atoms with Crippen molar-refractivity contribution in [1.29, 1.82) is 0 Å². The first kappa shape index (κ1) is 19.3. The maximum absolute atomic E-state index is 14.0. The Morgan fingerprint density at radius 2 is 1.76 bits per heavy atom. The van der Waals surface area contributed by atoms with Crippen LogP contribution in [0.5, 0.6) is 0 Å². The van der Waals surface area contributed by atoms with E-state index >= 15 is 0 Å². The van der Waals surface area contributed by atoms with Crippen LogP contribution in [0, 0.1) is 12.7 Å². The molecule has 1 N–H and O–H groups in total. The number of benzene rings is 2. The van der Waals surface area contributed by atoms with Gasteiger partial charge in [0.05, 0.1) is 17.5 Å². The van der Waals surface area contributed by atoms with Gasteiger partial charge in [-0.25, -0.2) is 9.07 Å². The number of aromatic nitrogens is 2. The van der Waals surface area contributed by atoms with Crippen LogP contribution >= 0.6 is 0 Å². The van der Waals surface area contributed by atoms with E-state index in [0.717, 1.165) is 12.1 Å². The van der Waals surface area contributed by atoms with Crippen molar-refractivity contribution in [3.05, 3.63) is 82.9 Å². The molecular formula is C23H25FN4O. The molecule has 1 amide bonds. The maximum Gasteiger partial charge on any atom is 0.255 e. The Morgan fingerprint density at radius 1 is 1.07 bits per heavy atom. The van der Waals surface area contributed by atoms with Gasteiger partial charge in [-0.15, -0.1) is 0 Å². The molecule has 1 aromatic heterocycles. The summed E-state index contributed by atoms with van der Waals surface area (Å²) in [6.07, 6.45) is 4.06. The number of amides is 1. The zero-order chi connectivity index (χ0) is 20.2. The van der Waals surface area contributed by atoms with Gasteiger partial charge in [0.15, 0.2) is 0 Å². The fraction of sp³-hybridized carbons (Fsp3) is 0.304. The number of para-hydroxylation sites is 1. The Labute approximate surface area is 170 Å². The van der Waals surface area contributed by atoms with Crippen molar-refractivity contribution < 1.29 is 9.18 Å². The van der Waals surface area contributed by atoms with Gasteiger partial charge < -0.3 is 5.32 Å². The van der Waals surface area contributed by atoms with Gasteiger partial charge in [0, 0.05) is 13.1 Å². The third-order valence-corrected chi connectivity index (χ3v) is 5.42. The van der Waals surface area contributed by atoms with E-state index in [0.29, 0.717) is 23.5 Å². The zero-order valence-electron chi connectivity index (χ0n) is 16.6. The molecule has 29 heavy (non-hydrogen) atoms. The second-order valence-electron chi connectivity index (χ2n) is 7.49.